The number of aromatic nitrogens is 2. The fourth-order valence-electron chi connectivity index (χ4n) is 1.69. The highest BCUT2D eigenvalue weighted by Crippen LogP contribution is 2.40. The molecular weight excluding hydrogens is 214 g/mol. The molecule has 0 aliphatic heterocycles. The van der Waals surface area contributed by atoms with Gasteiger partial charge in [-0.1, -0.05) is 0 Å². The molecule has 2 rings (SSSR count). The van der Waals surface area contributed by atoms with Crippen molar-refractivity contribution >= 4 is 5.82 Å². The summed E-state index contributed by atoms with van der Waals surface area (Å²) in [5.41, 5.74) is 0.714. The number of hydrogen-bond donors (Lipinski definition) is 1. The average molecular weight is 235 g/mol. The van der Waals surface area contributed by atoms with Crippen molar-refractivity contribution in [3.8, 4) is 0 Å². The van der Waals surface area contributed by atoms with E-state index in [4.69, 9.17) is 4.74 Å². The molecule has 0 atom stereocenters. The molecule has 1 aromatic rings. The summed E-state index contributed by atoms with van der Waals surface area (Å²) in [7, 11) is 1.69. The predicted octanol–water partition coefficient (Wildman–Crippen LogP) is 2.67. The van der Waals surface area contributed by atoms with Gasteiger partial charge in [0, 0.05) is 31.3 Å². The Hall–Kier alpha value is -1.16. The number of rotatable bonds is 5. The first kappa shape index (κ1) is 12.3. The minimum atomic E-state index is -0.435. The summed E-state index contributed by atoms with van der Waals surface area (Å²) in [6, 6.07) is 2.07. The van der Waals surface area contributed by atoms with E-state index in [2.05, 4.69) is 28.3 Å². The van der Waals surface area contributed by atoms with Gasteiger partial charge in [0.05, 0.1) is 0 Å². The lowest BCUT2D eigenvalue weighted by molar-refractivity contribution is 0.0114. The van der Waals surface area contributed by atoms with E-state index in [1.165, 1.54) is 12.8 Å². The monoisotopic (exact) mass is 235 g/mol. The van der Waals surface area contributed by atoms with Crippen molar-refractivity contribution in [1.29, 1.82) is 0 Å². The minimum Gasteiger partial charge on any atom is -0.371 e. The Bertz CT molecular complexity index is 400. The third kappa shape index (κ3) is 2.75. The smallest absolute Gasteiger partial charge is 0.162 e. The van der Waals surface area contributed by atoms with E-state index in [-0.39, 0.29) is 0 Å². The van der Waals surface area contributed by atoms with Gasteiger partial charge in [-0.3, -0.25) is 0 Å². The second-order valence-corrected chi connectivity index (χ2v) is 5.02. The summed E-state index contributed by atoms with van der Waals surface area (Å²) in [5, 5.41) is 3.26. The zero-order valence-electron chi connectivity index (χ0n) is 11.1. The van der Waals surface area contributed by atoms with E-state index >= 15 is 0 Å². The third-order valence-electron chi connectivity index (χ3n) is 3.15. The Balaban J connectivity index is 2.36. The Labute approximate surface area is 103 Å². The Kier molecular flexibility index (Phi) is 3.33. The minimum absolute atomic E-state index is 0.435. The molecule has 1 aromatic heterocycles. The van der Waals surface area contributed by atoms with Gasteiger partial charge in [-0.15, -0.1) is 0 Å². The second kappa shape index (κ2) is 4.61. The third-order valence-corrected chi connectivity index (χ3v) is 3.15. The van der Waals surface area contributed by atoms with Crippen molar-refractivity contribution in [2.75, 3.05) is 19.0 Å². The molecule has 1 aliphatic carbocycles. The largest absolute Gasteiger partial charge is 0.371 e. The molecule has 0 bridgehead atoms. The van der Waals surface area contributed by atoms with Crippen LogP contribution in [0.3, 0.4) is 0 Å². The standard InChI is InChI=1S/C13H21N3O/c1-5-14-11-8-10(9-6-7-9)15-12(16-11)13(2,3)17-4/h8-9H,5-7H2,1-4H3,(H,14,15,16). The summed E-state index contributed by atoms with van der Waals surface area (Å²) >= 11 is 0. The molecule has 0 amide bonds. The number of methoxy groups -OCH3 is 1. The van der Waals surface area contributed by atoms with E-state index in [1.807, 2.05) is 13.8 Å². The lowest BCUT2D eigenvalue weighted by atomic mass is 10.1. The summed E-state index contributed by atoms with van der Waals surface area (Å²) in [4.78, 5) is 9.17. The Morgan fingerprint density at radius 1 is 1.41 bits per heavy atom. The first-order chi connectivity index (χ1) is 8.06. The van der Waals surface area contributed by atoms with Crippen LogP contribution < -0.4 is 5.32 Å². The van der Waals surface area contributed by atoms with Crippen LogP contribution in [-0.2, 0) is 10.3 Å². The summed E-state index contributed by atoms with van der Waals surface area (Å²) < 4.78 is 5.46. The molecule has 1 heterocycles. The van der Waals surface area contributed by atoms with Crippen LogP contribution in [-0.4, -0.2) is 23.6 Å². The molecule has 0 saturated heterocycles. The highest BCUT2D eigenvalue weighted by Gasteiger charge is 2.29. The summed E-state index contributed by atoms with van der Waals surface area (Å²) in [6.07, 6.45) is 2.49. The van der Waals surface area contributed by atoms with Crippen LogP contribution in [0.2, 0.25) is 0 Å². The van der Waals surface area contributed by atoms with Crippen molar-refractivity contribution in [2.45, 2.75) is 45.1 Å². The van der Waals surface area contributed by atoms with Crippen molar-refractivity contribution in [3.63, 3.8) is 0 Å². The first-order valence-electron chi connectivity index (χ1n) is 6.25. The number of nitrogens with zero attached hydrogens (tertiary/aromatic N) is 2. The van der Waals surface area contributed by atoms with Crippen molar-refractivity contribution in [3.05, 3.63) is 17.6 Å². The van der Waals surface area contributed by atoms with Crippen LogP contribution in [0.5, 0.6) is 0 Å². The van der Waals surface area contributed by atoms with Gasteiger partial charge in [-0.05, 0) is 33.6 Å². The van der Waals surface area contributed by atoms with Crippen LogP contribution in [0, 0.1) is 0 Å². The Morgan fingerprint density at radius 2 is 2.12 bits per heavy atom. The molecular formula is C13H21N3O. The molecule has 1 N–H and O–H groups in total. The van der Waals surface area contributed by atoms with Gasteiger partial charge in [0.15, 0.2) is 5.82 Å². The molecule has 0 unspecified atom stereocenters. The first-order valence-corrected chi connectivity index (χ1v) is 6.25. The van der Waals surface area contributed by atoms with E-state index in [0.29, 0.717) is 5.92 Å². The van der Waals surface area contributed by atoms with E-state index in [9.17, 15) is 0 Å². The quantitative estimate of drug-likeness (QED) is 0.852. The SMILES string of the molecule is CCNc1cc(C2CC2)nc(C(C)(C)OC)n1. The highest BCUT2D eigenvalue weighted by molar-refractivity contribution is 5.38. The van der Waals surface area contributed by atoms with Gasteiger partial charge in [0.25, 0.3) is 0 Å². The molecule has 0 spiro atoms. The Morgan fingerprint density at radius 3 is 2.65 bits per heavy atom. The van der Waals surface area contributed by atoms with Crippen LogP contribution >= 0.6 is 0 Å². The van der Waals surface area contributed by atoms with Crippen molar-refractivity contribution in [1.82, 2.24) is 9.97 Å². The molecule has 4 nitrogen and oxygen atoms in total. The molecule has 1 fully saturated rings. The van der Waals surface area contributed by atoms with Gasteiger partial charge >= 0.3 is 0 Å². The fourth-order valence-corrected chi connectivity index (χ4v) is 1.69. The van der Waals surface area contributed by atoms with Crippen LogP contribution in [0.15, 0.2) is 6.07 Å². The van der Waals surface area contributed by atoms with Crippen molar-refractivity contribution < 1.29 is 4.74 Å². The number of ether oxygens (including phenoxy) is 1. The molecule has 94 valence electrons. The van der Waals surface area contributed by atoms with Crippen molar-refractivity contribution in [2.24, 2.45) is 0 Å². The lowest BCUT2D eigenvalue weighted by Crippen LogP contribution is -2.24. The van der Waals surface area contributed by atoms with Gasteiger partial charge in [0.2, 0.25) is 0 Å². The second-order valence-electron chi connectivity index (χ2n) is 5.02. The lowest BCUT2D eigenvalue weighted by Gasteiger charge is -2.22. The van der Waals surface area contributed by atoms with Crippen LogP contribution in [0.1, 0.15) is 51.0 Å². The maximum absolute atomic E-state index is 5.46. The van der Waals surface area contributed by atoms with Gasteiger partial charge < -0.3 is 10.1 Å². The molecule has 1 saturated carbocycles. The fraction of sp³-hybridized carbons (Fsp3) is 0.692. The van der Waals surface area contributed by atoms with Crippen LogP contribution in [0.25, 0.3) is 0 Å². The zero-order valence-corrected chi connectivity index (χ0v) is 11.1. The molecule has 1 aliphatic rings. The summed E-state index contributed by atoms with van der Waals surface area (Å²) in [5.74, 6) is 2.30. The van der Waals surface area contributed by atoms with Crippen LogP contribution in [0.4, 0.5) is 5.82 Å². The van der Waals surface area contributed by atoms with Gasteiger partial charge in [0.1, 0.15) is 11.4 Å². The normalized spacial score (nSPS) is 16.0. The molecule has 17 heavy (non-hydrogen) atoms. The maximum atomic E-state index is 5.46. The van der Waals surface area contributed by atoms with E-state index < -0.39 is 5.60 Å². The molecule has 4 heteroatoms. The number of nitrogens with one attached hydrogen (secondary N) is 1. The van der Waals surface area contributed by atoms with E-state index in [0.717, 1.165) is 23.9 Å². The highest BCUT2D eigenvalue weighted by atomic mass is 16.5. The molecule has 0 radical (unpaired) electrons. The number of anilines is 1. The van der Waals surface area contributed by atoms with Gasteiger partial charge in [-0.25, -0.2) is 9.97 Å². The topological polar surface area (TPSA) is 47.0 Å². The zero-order chi connectivity index (χ0) is 12.5. The average Bonchev–Trinajstić information content (AvgIpc) is 3.13. The van der Waals surface area contributed by atoms with Gasteiger partial charge in [-0.2, -0.15) is 0 Å². The summed E-state index contributed by atoms with van der Waals surface area (Å²) in [6.45, 7) is 6.93. The predicted molar refractivity (Wildman–Crippen MR) is 68.2 cm³/mol. The maximum Gasteiger partial charge on any atom is 0.162 e. The number of hydrogen-bond acceptors (Lipinski definition) is 4. The van der Waals surface area contributed by atoms with E-state index in [1.54, 1.807) is 7.11 Å². The molecule has 0 aromatic carbocycles.